The maximum Gasteiger partial charge on any atom is -0.0178 e. The molecule has 0 N–H and O–H groups in total. The van der Waals surface area contributed by atoms with Gasteiger partial charge in [0.1, 0.15) is 0 Å². The van der Waals surface area contributed by atoms with Crippen molar-refractivity contribution in [2.75, 3.05) is 0 Å². The number of benzene rings is 10. The van der Waals surface area contributed by atoms with Crippen LogP contribution in [0.25, 0.3) is 109 Å². The minimum atomic E-state index is 0. The van der Waals surface area contributed by atoms with Gasteiger partial charge in [0.25, 0.3) is 0 Å². The smallest absolute Gasteiger partial charge is 0.0178 e. The van der Waals surface area contributed by atoms with Crippen molar-refractivity contribution in [3.8, 4) is 44.5 Å². The van der Waals surface area contributed by atoms with Gasteiger partial charge in [-0.05, 0) is 55.9 Å². The molecule has 0 saturated heterocycles. The van der Waals surface area contributed by atoms with E-state index in [9.17, 15) is 0 Å². The van der Waals surface area contributed by atoms with E-state index in [0.29, 0.717) is 0 Å². The molecule has 420 valence electrons. The van der Waals surface area contributed by atoms with Crippen molar-refractivity contribution in [1.29, 1.82) is 0 Å². The molecule has 0 radical (unpaired) electrons. The quantitative estimate of drug-likeness (QED) is 0.122. The van der Waals surface area contributed by atoms with E-state index in [1.165, 1.54) is 131 Å². The summed E-state index contributed by atoms with van der Waals surface area (Å²) in [7, 11) is 0. The molecule has 0 atom stereocenters. The summed E-state index contributed by atoms with van der Waals surface area (Å²) in [5.41, 5.74) is 16.2. The molecule has 0 fully saturated rings. The molecule has 14 rings (SSSR count). The second kappa shape index (κ2) is 33.4. The molecule has 84 heavy (non-hydrogen) atoms. The Morgan fingerprint density at radius 3 is 0.762 bits per heavy atom. The van der Waals surface area contributed by atoms with Crippen molar-refractivity contribution in [1.82, 2.24) is 0 Å². The average molecular weight is 1370 g/mol. The van der Waals surface area contributed by atoms with Gasteiger partial charge >= 0.3 is 83.7 Å². The van der Waals surface area contributed by atoms with Crippen LogP contribution in [0.1, 0.15) is 22.3 Å². The second-order valence-electron chi connectivity index (χ2n) is 21.2. The number of aryl methyl sites for hydroxylation is 4. The van der Waals surface area contributed by atoms with Crippen molar-refractivity contribution in [2.45, 2.75) is 53.9 Å². The van der Waals surface area contributed by atoms with Crippen molar-refractivity contribution in [2.24, 2.45) is 0 Å². The van der Waals surface area contributed by atoms with E-state index < -0.39 is 0 Å². The molecule has 8 heteroatoms. The van der Waals surface area contributed by atoms with Crippen LogP contribution in [0.5, 0.6) is 0 Å². The Kier molecular flexibility index (Phi) is 27.6. The fourth-order valence-corrected chi connectivity index (χ4v) is 10.5. The van der Waals surface area contributed by atoms with Crippen molar-refractivity contribution in [3.63, 3.8) is 0 Å². The van der Waals surface area contributed by atoms with Crippen LogP contribution in [0, 0.1) is 27.7 Å². The fourth-order valence-electron chi connectivity index (χ4n) is 10.5. The molecule has 14 aromatic rings. The monoisotopic (exact) mass is 1360 g/mol. The van der Waals surface area contributed by atoms with E-state index in [2.05, 4.69) is 321 Å². The van der Waals surface area contributed by atoms with Crippen LogP contribution >= 0.6 is 49.6 Å². The molecule has 0 heterocycles. The zero-order valence-electron chi connectivity index (χ0n) is 49.0. The normalized spacial score (nSPS) is 10.1. The Hall–Kier alpha value is -5.48. The van der Waals surface area contributed by atoms with Gasteiger partial charge in [0.2, 0.25) is 0 Å². The van der Waals surface area contributed by atoms with Gasteiger partial charge in [0.05, 0.1) is 0 Å². The van der Waals surface area contributed by atoms with E-state index in [-0.39, 0.29) is 60.5 Å². The fraction of sp³-hybridized carbons (Fsp3) is 0.105. The molecule has 0 aliphatic rings. The standard InChI is InChI=1S/2C20H15.2C16H13.2C2H6Si.4ClH.2Zr/c2*1-14-11-17-7-4-8-19(20(17)12-14)18-10-9-15-5-2-3-6-16(15)13-18;2*1-12-10-14-8-5-9-15(16(14)11-12)13-6-3-2-4-7-13;2*1-3-2;;;;;;/h2*2-13H,1H3;2*2-11H,1H3;2*1-2H3;4*1H;;/q4*-1;;;;;;;2*+2. The first-order valence-electron chi connectivity index (χ1n) is 27.5. The average Bonchev–Trinajstić information content (AvgIpc) is 4.44. The summed E-state index contributed by atoms with van der Waals surface area (Å²) in [6, 6.07) is 95.7. The van der Waals surface area contributed by atoms with Gasteiger partial charge in [0, 0.05) is 0 Å². The third-order valence-electron chi connectivity index (χ3n) is 13.9. The van der Waals surface area contributed by atoms with Crippen LogP contribution in [-0.2, 0) is 46.7 Å². The first-order valence-corrected chi connectivity index (χ1v) is 39.9. The Morgan fingerprint density at radius 1 is 0.250 bits per heavy atom. The predicted molar refractivity (Wildman–Crippen MR) is 378 cm³/mol. The summed E-state index contributed by atoms with van der Waals surface area (Å²) < 4.78 is 0. The van der Waals surface area contributed by atoms with Gasteiger partial charge < -0.3 is 0 Å². The number of rotatable bonds is 4. The Bertz CT molecular complexity index is 4100. The Morgan fingerprint density at radius 2 is 0.488 bits per heavy atom. The van der Waals surface area contributed by atoms with Crippen LogP contribution in [0.3, 0.4) is 0 Å². The zero-order valence-corrected chi connectivity index (χ0v) is 59.2. The maximum atomic E-state index is 2.31. The number of hydrogen-bond donors (Lipinski definition) is 0. The van der Waals surface area contributed by atoms with Crippen molar-refractivity contribution in [3.05, 3.63) is 289 Å². The van der Waals surface area contributed by atoms with Gasteiger partial charge in [-0.25, -0.2) is 0 Å². The topological polar surface area (TPSA) is 0 Å². The van der Waals surface area contributed by atoms with E-state index in [0.717, 1.165) is 0 Å². The molecule has 0 nitrogen and oxygen atoms in total. The Balaban J connectivity index is 0.000000194. The molecule has 0 saturated carbocycles. The molecule has 14 aromatic carbocycles. The molecule has 0 aromatic heterocycles. The maximum absolute atomic E-state index is 2.31. The summed E-state index contributed by atoms with van der Waals surface area (Å²) in [5, 5.41) is 15.9. The molecule has 0 unspecified atom stereocenters. The van der Waals surface area contributed by atoms with E-state index in [1.54, 1.807) is 46.7 Å². The summed E-state index contributed by atoms with van der Waals surface area (Å²) in [6.45, 7) is 17.8. The molecule has 0 aliphatic heterocycles. The molecule has 0 spiro atoms. The third-order valence-corrected chi connectivity index (χ3v) is 13.9. The van der Waals surface area contributed by atoms with Crippen LogP contribution in [0.4, 0.5) is 0 Å². The minimum absolute atomic E-state index is 0. The summed E-state index contributed by atoms with van der Waals surface area (Å²) in [5.74, 6) is 0. The number of hydrogen-bond acceptors (Lipinski definition) is 0. The summed E-state index contributed by atoms with van der Waals surface area (Å²) in [4.78, 5) is 0. The van der Waals surface area contributed by atoms with Crippen LogP contribution in [0.15, 0.2) is 267 Å². The van der Waals surface area contributed by atoms with Crippen LogP contribution in [-0.4, -0.2) is 10.9 Å². The molecule has 0 bridgehead atoms. The Labute approximate surface area is 553 Å². The first kappa shape index (κ1) is 69.3. The molecular weight excluding hydrogens is 1290 g/mol. The molecule has 0 amide bonds. The SMILES string of the molecule is C[Si](C)=[Zr+2].C[Si](C)=[Zr+2].Cc1cc2c(-c3ccc4ccccc4c3)cccc2[cH-]1.Cc1cc2c(-c3ccc4ccccc4c3)cccc2[cH-]1.Cc1cc2c(-c3ccccc3)cccc2[cH-]1.Cc1cc2c(-c3ccccc3)cccc2[cH-]1.Cl.Cl.Cl.Cl. The van der Waals surface area contributed by atoms with Crippen molar-refractivity contribution < 1.29 is 46.7 Å². The minimum Gasteiger partial charge on any atom is -0.165 e. The second-order valence-corrected chi connectivity index (χ2v) is 40.0. The van der Waals surface area contributed by atoms with E-state index >= 15 is 0 Å². The van der Waals surface area contributed by atoms with Gasteiger partial charge in [0.15, 0.2) is 0 Å². The van der Waals surface area contributed by atoms with Crippen molar-refractivity contribution >= 4 is 125 Å². The van der Waals surface area contributed by atoms with E-state index in [1.807, 2.05) is 0 Å². The molecule has 0 aliphatic carbocycles. The van der Waals surface area contributed by atoms with Gasteiger partial charge in [-0.1, -0.05) is 208 Å². The predicted octanol–water partition coefficient (Wildman–Crippen LogP) is 23.7. The van der Waals surface area contributed by atoms with E-state index in [4.69, 9.17) is 0 Å². The van der Waals surface area contributed by atoms with Gasteiger partial charge in [-0.15, -0.1) is 188 Å². The van der Waals surface area contributed by atoms with Crippen LogP contribution in [0.2, 0.25) is 26.2 Å². The summed E-state index contributed by atoms with van der Waals surface area (Å²) >= 11 is 3.48. The zero-order chi connectivity index (χ0) is 56.1. The number of halogens is 4. The van der Waals surface area contributed by atoms with Crippen LogP contribution < -0.4 is 0 Å². The van der Waals surface area contributed by atoms with Gasteiger partial charge in [-0.3, -0.25) is 0 Å². The van der Waals surface area contributed by atoms with Gasteiger partial charge in [-0.2, -0.15) is 24.3 Å². The number of fused-ring (bicyclic) bond motifs is 6. The third kappa shape index (κ3) is 18.3. The summed E-state index contributed by atoms with van der Waals surface area (Å²) in [6.07, 6.45) is 0. The molecular formula is C76H72Cl4Si2Zr2. The largest absolute Gasteiger partial charge is 0.165 e. The first-order chi connectivity index (χ1) is 38.8.